The molecule has 2 amide bonds. The number of rotatable bonds is 8. The van der Waals surface area contributed by atoms with E-state index >= 15 is 0 Å². The molecule has 0 fully saturated rings. The van der Waals surface area contributed by atoms with Crippen LogP contribution >= 0.6 is 0 Å². The lowest BCUT2D eigenvalue weighted by Crippen LogP contribution is -2.48. The van der Waals surface area contributed by atoms with Gasteiger partial charge in [-0.05, 0) is 45.6 Å². The van der Waals surface area contributed by atoms with Crippen molar-refractivity contribution < 1.29 is 19.4 Å². The second kappa shape index (κ2) is 9.93. The van der Waals surface area contributed by atoms with Gasteiger partial charge in [0.2, 0.25) is 5.91 Å². The molecule has 0 saturated carbocycles. The number of benzene rings is 1. The van der Waals surface area contributed by atoms with E-state index in [9.17, 15) is 9.59 Å². The molecule has 0 spiro atoms. The van der Waals surface area contributed by atoms with Crippen LogP contribution in [-0.4, -0.2) is 35.4 Å². The monoisotopic (exact) mass is 336 g/mol. The second-order valence-corrected chi connectivity index (χ2v) is 6.62. The molecule has 0 heterocycles. The van der Waals surface area contributed by atoms with Crippen molar-refractivity contribution in [2.24, 2.45) is 0 Å². The molecular weight excluding hydrogens is 308 g/mol. The van der Waals surface area contributed by atoms with Crippen molar-refractivity contribution in [1.29, 1.82) is 0 Å². The van der Waals surface area contributed by atoms with E-state index in [2.05, 4.69) is 10.6 Å². The van der Waals surface area contributed by atoms with Crippen molar-refractivity contribution in [2.75, 3.05) is 6.61 Å². The molecule has 0 aliphatic rings. The summed E-state index contributed by atoms with van der Waals surface area (Å²) in [6, 6.07) is 8.87. The molecule has 1 atom stereocenters. The maximum atomic E-state index is 12.4. The van der Waals surface area contributed by atoms with E-state index in [-0.39, 0.29) is 12.5 Å². The van der Waals surface area contributed by atoms with Gasteiger partial charge in [-0.2, -0.15) is 0 Å². The van der Waals surface area contributed by atoms with E-state index in [0.717, 1.165) is 5.56 Å². The molecule has 0 aliphatic carbocycles. The summed E-state index contributed by atoms with van der Waals surface area (Å²) in [7, 11) is 0. The van der Waals surface area contributed by atoms with Gasteiger partial charge in [-0.15, -0.1) is 0 Å². The van der Waals surface area contributed by atoms with E-state index in [4.69, 9.17) is 9.84 Å². The van der Waals surface area contributed by atoms with Crippen LogP contribution in [0.15, 0.2) is 30.3 Å². The summed E-state index contributed by atoms with van der Waals surface area (Å²) in [5.41, 5.74) is 0.359. The smallest absolute Gasteiger partial charge is 0.408 e. The minimum absolute atomic E-state index is 0.0603. The summed E-state index contributed by atoms with van der Waals surface area (Å²) in [5.74, 6) is -0.261. The predicted molar refractivity (Wildman–Crippen MR) is 92.4 cm³/mol. The average Bonchev–Trinajstić information content (AvgIpc) is 2.51. The minimum Gasteiger partial charge on any atom is -0.444 e. The van der Waals surface area contributed by atoms with Crippen LogP contribution in [0.4, 0.5) is 4.79 Å². The molecule has 134 valence electrons. The number of unbranched alkanes of at least 4 members (excludes halogenated alkanes) is 1. The zero-order valence-corrected chi connectivity index (χ0v) is 14.7. The van der Waals surface area contributed by atoms with Crippen LogP contribution in [-0.2, 0) is 16.1 Å². The van der Waals surface area contributed by atoms with E-state index in [0.29, 0.717) is 25.8 Å². The lowest BCUT2D eigenvalue weighted by Gasteiger charge is -2.23. The molecular formula is C18H28N2O4. The first-order valence-corrected chi connectivity index (χ1v) is 8.24. The van der Waals surface area contributed by atoms with Crippen LogP contribution in [0.25, 0.3) is 0 Å². The number of ether oxygens (including phenoxy) is 1. The van der Waals surface area contributed by atoms with Crippen molar-refractivity contribution in [3.05, 3.63) is 35.9 Å². The molecule has 0 saturated heterocycles. The highest BCUT2D eigenvalue weighted by Gasteiger charge is 2.23. The summed E-state index contributed by atoms with van der Waals surface area (Å²) in [4.78, 5) is 24.3. The predicted octanol–water partition coefficient (Wildman–Crippen LogP) is 2.36. The van der Waals surface area contributed by atoms with Crippen LogP contribution in [0, 0.1) is 0 Å². The molecule has 24 heavy (non-hydrogen) atoms. The first kappa shape index (κ1) is 20.0. The van der Waals surface area contributed by atoms with Crippen LogP contribution in [0.5, 0.6) is 0 Å². The average molecular weight is 336 g/mol. The number of aliphatic hydroxyl groups excluding tert-OH is 1. The Balaban J connectivity index is 2.58. The Morgan fingerprint density at radius 1 is 1.17 bits per heavy atom. The molecule has 0 aromatic heterocycles. The Morgan fingerprint density at radius 2 is 1.83 bits per heavy atom. The summed E-state index contributed by atoms with van der Waals surface area (Å²) in [6.45, 7) is 5.76. The number of amides is 2. The number of alkyl carbamates (subject to hydrolysis) is 1. The van der Waals surface area contributed by atoms with Gasteiger partial charge in [0.15, 0.2) is 0 Å². The molecule has 1 rings (SSSR count). The highest BCUT2D eigenvalue weighted by molar-refractivity contribution is 5.85. The van der Waals surface area contributed by atoms with Gasteiger partial charge in [0.25, 0.3) is 0 Å². The van der Waals surface area contributed by atoms with Gasteiger partial charge in [0, 0.05) is 13.2 Å². The fraction of sp³-hybridized carbons (Fsp3) is 0.556. The van der Waals surface area contributed by atoms with Crippen molar-refractivity contribution in [2.45, 2.75) is 58.2 Å². The number of hydrogen-bond donors (Lipinski definition) is 3. The molecule has 6 nitrogen and oxygen atoms in total. The van der Waals surface area contributed by atoms with Gasteiger partial charge < -0.3 is 20.5 Å². The van der Waals surface area contributed by atoms with Gasteiger partial charge in [0.1, 0.15) is 11.6 Å². The summed E-state index contributed by atoms with van der Waals surface area (Å²) >= 11 is 0. The first-order valence-electron chi connectivity index (χ1n) is 8.24. The van der Waals surface area contributed by atoms with Crippen LogP contribution in [0.2, 0.25) is 0 Å². The Kier molecular flexibility index (Phi) is 8.26. The standard InChI is InChI=1S/C18H28N2O4/c1-18(2,3)24-17(23)20-15(11-7-8-12-21)16(22)19-13-14-9-5-4-6-10-14/h4-6,9-10,15,21H,7-8,11-13H2,1-3H3,(H,19,22)(H,20,23). The Bertz CT molecular complexity index is 512. The zero-order chi connectivity index (χ0) is 18.0. The lowest BCUT2D eigenvalue weighted by atomic mass is 10.1. The molecule has 1 aromatic rings. The molecule has 0 bridgehead atoms. The van der Waals surface area contributed by atoms with Crippen molar-refractivity contribution in [3.8, 4) is 0 Å². The quantitative estimate of drug-likeness (QED) is 0.636. The Morgan fingerprint density at radius 3 is 2.42 bits per heavy atom. The summed E-state index contributed by atoms with van der Waals surface area (Å²) in [5, 5.41) is 14.3. The largest absolute Gasteiger partial charge is 0.444 e. The van der Waals surface area contributed by atoms with Gasteiger partial charge in [0.05, 0.1) is 0 Å². The highest BCUT2D eigenvalue weighted by atomic mass is 16.6. The van der Waals surface area contributed by atoms with E-state index in [1.54, 1.807) is 20.8 Å². The third kappa shape index (κ3) is 8.53. The molecule has 6 heteroatoms. The fourth-order valence-corrected chi connectivity index (χ4v) is 2.09. The Hall–Kier alpha value is -2.08. The third-order valence-corrected chi connectivity index (χ3v) is 3.22. The van der Waals surface area contributed by atoms with E-state index in [1.165, 1.54) is 0 Å². The third-order valence-electron chi connectivity index (χ3n) is 3.22. The number of carbonyl (C=O) groups excluding carboxylic acids is 2. The number of aliphatic hydroxyl groups is 1. The minimum atomic E-state index is -0.685. The van der Waals surface area contributed by atoms with Gasteiger partial charge >= 0.3 is 6.09 Å². The van der Waals surface area contributed by atoms with Crippen molar-refractivity contribution in [3.63, 3.8) is 0 Å². The summed E-state index contributed by atoms with van der Waals surface area (Å²) in [6.07, 6.45) is 1.04. The Labute approximate surface area is 143 Å². The summed E-state index contributed by atoms with van der Waals surface area (Å²) < 4.78 is 5.21. The van der Waals surface area contributed by atoms with Crippen LogP contribution < -0.4 is 10.6 Å². The van der Waals surface area contributed by atoms with Gasteiger partial charge in [-0.1, -0.05) is 30.3 Å². The van der Waals surface area contributed by atoms with Gasteiger partial charge in [-0.3, -0.25) is 4.79 Å². The first-order chi connectivity index (χ1) is 11.3. The number of nitrogens with one attached hydrogen (secondary N) is 2. The van der Waals surface area contributed by atoms with Crippen LogP contribution in [0.1, 0.15) is 45.6 Å². The highest BCUT2D eigenvalue weighted by Crippen LogP contribution is 2.08. The zero-order valence-electron chi connectivity index (χ0n) is 14.7. The topological polar surface area (TPSA) is 87.7 Å². The van der Waals surface area contributed by atoms with E-state index < -0.39 is 17.7 Å². The van der Waals surface area contributed by atoms with Crippen molar-refractivity contribution >= 4 is 12.0 Å². The molecule has 1 aromatic carbocycles. The molecule has 0 radical (unpaired) electrons. The number of hydrogen-bond acceptors (Lipinski definition) is 4. The molecule has 1 unspecified atom stereocenters. The van der Waals surface area contributed by atoms with Crippen molar-refractivity contribution in [1.82, 2.24) is 10.6 Å². The molecule has 0 aliphatic heterocycles. The van der Waals surface area contributed by atoms with E-state index in [1.807, 2.05) is 30.3 Å². The lowest BCUT2D eigenvalue weighted by molar-refractivity contribution is -0.123. The molecule has 3 N–H and O–H groups in total. The fourth-order valence-electron chi connectivity index (χ4n) is 2.09. The van der Waals surface area contributed by atoms with Crippen LogP contribution in [0.3, 0.4) is 0 Å². The normalized spacial score (nSPS) is 12.3. The second-order valence-electron chi connectivity index (χ2n) is 6.62. The maximum absolute atomic E-state index is 12.4. The maximum Gasteiger partial charge on any atom is 0.408 e. The SMILES string of the molecule is CC(C)(C)OC(=O)NC(CCCCO)C(=O)NCc1ccccc1. The van der Waals surface area contributed by atoms with Gasteiger partial charge in [-0.25, -0.2) is 4.79 Å². The number of carbonyl (C=O) groups is 2.